The Kier molecular flexibility index (Phi) is 6.66. The molecule has 26 heavy (non-hydrogen) atoms. The van der Waals surface area contributed by atoms with Gasteiger partial charge in [0.2, 0.25) is 0 Å². The van der Waals surface area contributed by atoms with E-state index in [1.165, 1.54) is 41.0 Å². The van der Waals surface area contributed by atoms with Crippen LogP contribution in [0.2, 0.25) is 5.02 Å². The SMILES string of the molecule is O=C(COCc1ccccc1Cl)NNC(=O)c1cc2c(s1)CCCCC2. The Morgan fingerprint density at radius 1 is 1.12 bits per heavy atom. The van der Waals surface area contributed by atoms with Crippen LogP contribution in [-0.4, -0.2) is 18.4 Å². The van der Waals surface area contributed by atoms with Gasteiger partial charge in [0.05, 0.1) is 11.5 Å². The summed E-state index contributed by atoms with van der Waals surface area (Å²) in [6.45, 7) is 0.0745. The summed E-state index contributed by atoms with van der Waals surface area (Å²) >= 11 is 7.54. The fourth-order valence-corrected chi connectivity index (χ4v) is 4.21. The number of hydrogen-bond acceptors (Lipinski definition) is 4. The second-order valence-corrected chi connectivity index (χ2v) is 7.75. The number of carbonyl (C=O) groups is 2. The molecular weight excluding hydrogens is 372 g/mol. The number of carbonyl (C=O) groups excluding carboxylic acids is 2. The van der Waals surface area contributed by atoms with Crippen LogP contribution in [0.15, 0.2) is 30.3 Å². The molecule has 1 aliphatic carbocycles. The van der Waals surface area contributed by atoms with Gasteiger partial charge in [-0.25, -0.2) is 0 Å². The summed E-state index contributed by atoms with van der Waals surface area (Å²) in [5.74, 6) is -0.703. The van der Waals surface area contributed by atoms with Crippen LogP contribution in [0.3, 0.4) is 0 Å². The van der Waals surface area contributed by atoms with Crippen LogP contribution in [0.5, 0.6) is 0 Å². The minimum atomic E-state index is -0.413. The predicted octanol–water partition coefficient (Wildman–Crippen LogP) is 3.65. The molecule has 1 heterocycles. The lowest BCUT2D eigenvalue weighted by Gasteiger charge is -2.08. The molecule has 0 unspecified atom stereocenters. The smallest absolute Gasteiger partial charge is 0.279 e. The summed E-state index contributed by atoms with van der Waals surface area (Å²) in [4.78, 5) is 26.0. The van der Waals surface area contributed by atoms with E-state index in [2.05, 4.69) is 10.9 Å². The predicted molar refractivity (Wildman–Crippen MR) is 102 cm³/mol. The number of rotatable bonds is 5. The zero-order valence-electron chi connectivity index (χ0n) is 14.3. The monoisotopic (exact) mass is 392 g/mol. The Morgan fingerprint density at radius 2 is 1.92 bits per heavy atom. The van der Waals surface area contributed by atoms with E-state index in [9.17, 15) is 9.59 Å². The quantitative estimate of drug-likeness (QED) is 0.603. The van der Waals surface area contributed by atoms with Crippen LogP contribution in [0, 0.1) is 0 Å². The molecule has 0 spiro atoms. The molecule has 2 aromatic rings. The van der Waals surface area contributed by atoms with Crippen molar-refractivity contribution in [3.63, 3.8) is 0 Å². The largest absolute Gasteiger partial charge is 0.367 e. The van der Waals surface area contributed by atoms with Gasteiger partial charge in [0.1, 0.15) is 6.61 Å². The molecule has 0 saturated heterocycles. The molecule has 0 atom stereocenters. The first-order chi connectivity index (χ1) is 12.6. The number of halogens is 1. The van der Waals surface area contributed by atoms with Crippen LogP contribution in [0.25, 0.3) is 0 Å². The zero-order valence-corrected chi connectivity index (χ0v) is 15.9. The second kappa shape index (κ2) is 9.16. The van der Waals surface area contributed by atoms with Gasteiger partial charge >= 0.3 is 0 Å². The molecule has 0 fully saturated rings. The van der Waals surface area contributed by atoms with Crippen molar-refractivity contribution in [1.82, 2.24) is 10.9 Å². The summed E-state index contributed by atoms with van der Waals surface area (Å²) in [5, 5.41) is 0.596. The minimum absolute atomic E-state index is 0.160. The third-order valence-electron chi connectivity index (χ3n) is 4.23. The maximum absolute atomic E-state index is 12.2. The van der Waals surface area contributed by atoms with Crippen molar-refractivity contribution in [3.05, 3.63) is 56.2 Å². The maximum atomic E-state index is 12.2. The van der Waals surface area contributed by atoms with Gasteiger partial charge in [0, 0.05) is 9.90 Å². The van der Waals surface area contributed by atoms with Gasteiger partial charge in [-0.15, -0.1) is 11.3 Å². The molecule has 2 amide bonds. The normalized spacial score (nSPS) is 13.6. The molecule has 1 aliphatic rings. The van der Waals surface area contributed by atoms with Crippen molar-refractivity contribution in [1.29, 1.82) is 0 Å². The van der Waals surface area contributed by atoms with Crippen LogP contribution in [0.4, 0.5) is 0 Å². The lowest BCUT2D eigenvalue weighted by molar-refractivity contribution is -0.126. The van der Waals surface area contributed by atoms with E-state index in [0.29, 0.717) is 9.90 Å². The number of hydrazine groups is 1. The average Bonchev–Trinajstić information content (AvgIpc) is 2.92. The van der Waals surface area contributed by atoms with Gasteiger partial charge < -0.3 is 4.74 Å². The zero-order chi connectivity index (χ0) is 18.4. The molecule has 1 aromatic carbocycles. The number of aryl methyl sites for hydroxylation is 2. The van der Waals surface area contributed by atoms with Crippen molar-refractivity contribution >= 4 is 34.8 Å². The van der Waals surface area contributed by atoms with E-state index in [4.69, 9.17) is 16.3 Å². The molecule has 138 valence electrons. The summed E-state index contributed by atoms with van der Waals surface area (Å²) in [6, 6.07) is 9.23. The summed E-state index contributed by atoms with van der Waals surface area (Å²) in [5.41, 5.74) is 6.92. The lowest BCUT2D eigenvalue weighted by Crippen LogP contribution is -2.43. The van der Waals surface area contributed by atoms with E-state index in [1.807, 2.05) is 24.3 Å². The first-order valence-corrected chi connectivity index (χ1v) is 9.85. The molecule has 0 bridgehead atoms. The highest BCUT2D eigenvalue weighted by molar-refractivity contribution is 7.14. The topological polar surface area (TPSA) is 67.4 Å². The summed E-state index contributed by atoms with van der Waals surface area (Å²) < 4.78 is 5.34. The van der Waals surface area contributed by atoms with Crippen LogP contribution >= 0.6 is 22.9 Å². The van der Waals surface area contributed by atoms with Crippen LogP contribution < -0.4 is 10.9 Å². The van der Waals surface area contributed by atoms with Gasteiger partial charge in [-0.3, -0.25) is 20.4 Å². The molecule has 1 aromatic heterocycles. The summed E-state index contributed by atoms with van der Waals surface area (Å²) in [7, 11) is 0. The van der Waals surface area contributed by atoms with Crippen molar-refractivity contribution < 1.29 is 14.3 Å². The highest BCUT2D eigenvalue weighted by Gasteiger charge is 2.16. The first kappa shape index (κ1) is 18.9. The van der Waals surface area contributed by atoms with Crippen LogP contribution in [-0.2, 0) is 29.0 Å². The molecule has 5 nitrogen and oxygen atoms in total. The number of thiophene rings is 1. The molecule has 0 radical (unpaired) electrons. The van der Waals surface area contributed by atoms with Crippen molar-refractivity contribution in [2.75, 3.05) is 6.61 Å². The van der Waals surface area contributed by atoms with E-state index in [0.717, 1.165) is 18.4 Å². The third kappa shape index (κ3) is 5.06. The van der Waals surface area contributed by atoms with E-state index in [1.54, 1.807) is 6.07 Å². The first-order valence-electron chi connectivity index (χ1n) is 8.65. The number of nitrogens with one attached hydrogen (secondary N) is 2. The standard InChI is InChI=1S/C19H21ClN2O3S/c20-15-8-5-4-7-14(15)11-25-12-18(23)21-22-19(24)17-10-13-6-2-1-3-9-16(13)26-17/h4-5,7-8,10H,1-3,6,9,11-12H2,(H,21,23)(H,22,24). The van der Waals surface area contributed by atoms with Gasteiger partial charge in [0.25, 0.3) is 11.8 Å². The maximum Gasteiger partial charge on any atom is 0.279 e. The lowest BCUT2D eigenvalue weighted by atomic mass is 10.1. The molecule has 7 heteroatoms. The number of fused-ring (bicyclic) bond motifs is 1. The minimum Gasteiger partial charge on any atom is -0.367 e. The van der Waals surface area contributed by atoms with Crippen LogP contribution in [0.1, 0.15) is 44.9 Å². The number of amides is 2. The summed E-state index contributed by atoms with van der Waals surface area (Å²) in [6.07, 6.45) is 5.66. The highest BCUT2D eigenvalue weighted by Crippen LogP contribution is 2.28. The van der Waals surface area contributed by atoms with Crippen molar-refractivity contribution in [2.24, 2.45) is 0 Å². The molecule has 2 N–H and O–H groups in total. The fourth-order valence-electron chi connectivity index (χ4n) is 2.87. The molecule has 3 rings (SSSR count). The van der Waals surface area contributed by atoms with Gasteiger partial charge in [-0.05, 0) is 48.9 Å². The second-order valence-electron chi connectivity index (χ2n) is 6.21. The van der Waals surface area contributed by atoms with Crippen molar-refractivity contribution in [2.45, 2.75) is 38.7 Å². The number of hydrogen-bond donors (Lipinski definition) is 2. The third-order valence-corrected chi connectivity index (χ3v) is 5.84. The Morgan fingerprint density at radius 3 is 2.77 bits per heavy atom. The van der Waals surface area contributed by atoms with E-state index in [-0.39, 0.29) is 19.1 Å². The fraction of sp³-hybridized carbons (Fsp3) is 0.368. The number of benzene rings is 1. The Hall–Kier alpha value is -1.89. The Balaban J connectivity index is 1.43. The highest BCUT2D eigenvalue weighted by atomic mass is 35.5. The van der Waals surface area contributed by atoms with Gasteiger partial charge in [-0.1, -0.05) is 36.2 Å². The van der Waals surface area contributed by atoms with Gasteiger partial charge in [0.15, 0.2) is 0 Å². The van der Waals surface area contributed by atoms with E-state index < -0.39 is 5.91 Å². The van der Waals surface area contributed by atoms with Crippen molar-refractivity contribution in [3.8, 4) is 0 Å². The Bertz CT molecular complexity index is 767. The molecular formula is C19H21ClN2O3S. The number of ether oxygens (including phenoxy) is 1. The van der Waals surface area contributed by atoms with E-state index >= 15 is 0 Å². The molecule has 0 saturated carbocycles. The van der Waals surface area contributed by atoms with Gasteiger partial charge in [-0.2, -0.15) is 0 Å². The Labute approximate surface area is 161 Å². The molecule has 0 aliphatic heterocycles. The average molecular weight is 393 g/mol.